The van der Waals surface area contributed by atoms with Crippen molar-refractivity contribution >= 4 is 28.5 Å². The number of halogens is 1. The van der Waals surface area contributed by atoms with Gasteiger partial charge in [-0.3, -0.25) is 9.59 Å². The molecule has 1 fully saturated rings. The second kappa shape index (κ2) is 7.72. The van der Waals surface area contributed by atoms with E-state index in [-0.39, 0.29) is 24.1 Å². The number of hydrogen-bond acceptors (Lipinski definition) is 4. The maximum absolute atomic E-state index is 13.0. The number of nitrogens with one attached hydrogen (secondary N) is 1. The van der Waals surface area contributed by atoms with Crippen molar-refractivity contribution in [2.45, 2.75) is 12.8 Å². The van der Waals surface area contributed by atoms with Crippen LogP contribution in [0, 0.1) is 5.82 Å². The van der Waals surface area contributed by atoms with E-state index in [9.17, 15) is 14.0 Å². The molecular weight excluding hydrogens is 363 g/mol. The van der Waals surface area contributed by atoms with E-state index in [1.165, 1.54) is 24.3 Å². The minimum atomic E-state index is -0.439. The summed E-state index contributed by atoms with van der Waals surface area (Å²) in [6.07, 6.45) is 1.92. The van der Waals surface area contributed by atoms with E-state index >= 15 is 0 Å². The Kier molecular flexibility index (Phi) is 4.97. The molecule has 1 aromatic heterocycles. The highest BCUT2D eigenvalue weighted by Gasteiger charge is 2.28. The van der Waals surface area contributed by atoms with Crippen molar-refractivity contribution < 1.29 is 23.1 Å². The number of amides is 2. The molecule has 0 radical (unpaired) electrons. The lowest BCUT2D eigenvalue weighted by molar-refractivity contribution is -0.118. The second-order valence-corrected chi connectivity index (χ2v) is 6.59. The molecule has 6 nitrogen and oxygen atoms in total. The molecule has 7 heteroatoms. The van der Waals surface area contributed by atoms with Crippen LogP contribution in [-0.4, -0.2) is 36.4 Å². The molecule has 0 unspecified atom stereocenters. The van der Waals surface area contributed by atoms with Gasteiger partial charge in [0, 0.05) is 18.5 Å². The van der Waals surface area contributed by atoms with E-state index in [0.717, 1.165) is 12.8 Å². The van der Waals surface area contributed by atoms with Crippen molar-refractivity contribution in [3.63, 3.8) is 0 Å². The summed E-state index contributed by atoms with van der Waals surface area (Å²) in [6.45, 7) is 1.08. The largest absolute Gasteiger partial charge is 0.484 e. The van der Waals surface area contributed by atoms with Crippen molar-refractivity contribution in [2.24, 2.45) is 0 Å². The average Bonchev–Trinajstić information content (AvgIpc) is 3.36. The predicted molar refractivity (Wildman–Crippen MR) is 102 cm³/mol. The first-order valence-electron chi connectivity index (χ1n) is 9.11. The Morgan fingerprint density at radius 2 is 1.79 bits per heavy atom. The van der Waals surface area contributed by atoms with Crippen LogP contribution in [0.4, 0.5) is 10.1 Å². The van der Waals surface area contributed by atoms with Crippen LogP contribution in [0.5, 0.6) is 5.75 Å². The van der Waals surface area contributed by atoms with E-state index in [1.807, 2.05) is 6.07 Å². The Hall–Kier alpha value is -3.35. The quantitative estimate of drug-likeness (QED) is 0.728. The van der Waals surface area contributed by atoms with Crippen LogP contribution in [0.2, 0.25) is 0 Å². The van der Waals surface area contributed by atoms with Gasteiger partial charge in [-0.25, -0.2) is 4.39 Å². The van der Waals surface area contributed by atoms with E-state index in [2.05, 4.69) is 5.32 Å². The number of likely N-dealkylation sites (tertiary alicyclic amines) is 1. The van der Waals surface area contributed by atoms with Gasteiger partial charge in [0.05, 0.1) is 0 Å². The molecule has 144 valence electrons. The highest BCUT2D eigenvalue weighted by molar-refractivity contribution is 6.11. The smallest absolute Gasteiger partial charge is 0.291 e. The van der Waals surface area contributed by atoms with Crippen LogP contribution in [0.15, 0.2) is 52.9 Å². The van der Waals surface area contributed by atoms with Crippen LogP contribution < -0.4 is 10.1 Å². The van der Waals surface area contributed by atoms with Crippen molar-refractivity contribution in [1.29, 1.82) is 0 Å². The molecule has 1 saturated heterocycles. The highest BCUT2D eigenvalue weighted by Crippen LogP contribution is 2.32. The fourth-order valence-corrected chi connectivity index (χ4v) is 3.24. The minimum Gasteiger partial charge on any atom is -0.484 e. The number of rotatable bonds is 5. The SMILES string of the molecule is O=C(COc1ccc(F)cc1)Nc1c(C(=O)N2CCCC2)oc2ccccc12. The standard InChI is InChI=1S/C21H19FN2O4/c22-14-7-9-15(10-8-14)27-13-18(25)23-19-16-5-1-2-6-17(16)28-20(19)21(26)24-11-3-4-12-24/h1-2,5-10H,3-4,11-13H2,(H,23,25). The molecule has 2 heterocycles. The summed E-state index contributed by atoms with van der Waals surface area (Å²) >= 11 is 0. The molecule has 4 rings (SSSR count). The van der Waals surface area contributed by atoms with E-state index in [1.54, 1.807) is 23.1 Å². The predicted octanol–water partition coefficient (Wildman–Crippen LogP) is 3.83. The van der Waals surface area contributed by atoms with Crippen LogP contribution in [0.1, 0.15) is 23.4 Å². The third-order valence-corrected chi connectivity index (χ3v) is 4.63. The molecule has 28 heavy (non-hydrogen) atoms. The number of furan rings is 1. The first-order chi connectivity index (χ1) is 13.6. The first-order valence-corrected chi connectivity index (χ1v) is 9.11. The number of nitrogens with zero attached hydrogens (tertiary/aromatic N) is 1. The molecule has 0 bridgehead atoms. The molecule has 1 aliphatic rings. The molecule has 0 saturated carbocycles. The Morgan fingerprint density at radius 1 is 1.07 bits per heavy atom. The lowest BCUT2D eigenvalue weighted by Gasteiger charge is -2.14. The molecule has 0 atom stereocenters. The minimum absolute atomic E-state index is 0.123. The number of anilines is 1. The van der Waals surface area contributed by atoms with E-state index in [4.69, 9.17) is 9.15 Å². The summed E-state index contributed by atoms with van der Waals surface area (Å²) in [5.74, 6) is -0.554. The zero-order valence-electron chi connectivity index (χ0n) is 15.1. The Morgan fingerprint density at radius 3 is 2.54 bits per heavy atom. The third kappa shape index (κ3) is 3.69. The Bertz CT molecular complexity index is 1010. The van der Waals surface area contributed by atoms with Gasteiger partial charge in [0.1, 0.15) is 22.8 Å². The Labute approximate surface area is 160 Å². The van der Waals surface area contributed by atoms with Crippen LogP contribution in [-0.2, 0) is 4.79 Å². The lowest BCUT2D eigenvalue weighted by atomic mass is 10.2. The summed E-state index contributed by atoms with van der Waals surface area (Å²) in [4.78, 5) is 27.0. The second-order valence-electron chi connectivity index (χ2n) is 6.59. The van der Waals surface area contributed by atoms with Gasteiger partial charge in [-0.1, -0.05) is 12.1 Å². The van der Waals surface area contributed by atoms with Crippen LogP contribution >= 0.6 is 0 Å². The molecule has 2 aromatic carbocycles. The van der Waals surface area contributed by atoms with Crippen molar-refractivity contribution in [1.82, 2.24) is 4.90 Å². The number of fused-ring (bicyclic) bond motifs is 1. The van der Waals surface area contributed by atoms with Gasteiger partial charge >= 0.3 is 0 Å². The summed E-state index contributed by atoms with van der Waals surface area (Å²) in [5, 5.41) is 3.39. The number of para-hydroxylation sites is 1. The number of carbonyl (C=O) groups is 2. The van der Waals surface area contributed by atoms with Gasteiger partial charge in [-0.2, -0.15) is 0 Å². The molecule has 2 amide bonds. The molecule has 1 N–H and O–H groups in total. The zero-order chi connectivity index (χ0) is 19.5. The number of benzene rings is 2. The van der Waals surface area contributed by atoms with Crippen molar-refractivity contribution in [2.75, 3.05) is 25.0 Å². The molecule has 0 spiro atoms. The summed E-state index contributed by atoms with van der Waals surface area (Å²) in [7, 11) is 0. The Balaban J connectivity index is 1.54. The average molecular weight is 382 g/mol. The summed E-state index contributed by atoms with van der Waals surface area (Å²) in [5.41, 5.74) is 0.875. The van der Waals surface area contributed by atoms with Gasteiger partial charge in [0.15, 0.2) is 6.61 Å². The normalized spacial score (nSPS) is 13.7. The van der Waals surface area contributed by atoms with Gasteiger partial charge < -0.3 is 19.4 Å². The monoisotopic (exact) mass is 382 g/mol. The molecule has 3 aromatic rings. The molecule has 0 aliphatic carbocycles. The van der Waals surface area contributed by atoms with Crippen LogP contribution in [0.25, 0.3) is 11.0 Å². The highest BCUT2D eigenvalue weighted by atomic mass is 19.1. The van der Waals surface area contributed by atoms with Gasteiger partial charge in [-0.15, -0.1) is 0 Å². The third-order valence-electron chi connectivity index (χ3n) is 4.63. The summed E-state index contributed by atoms with van der Waals surface area (Å²) in [6, 6.07) is 12.5. The number of ether oxygens (including phenoxy) is 1. The molecular formula is C21H19FN2O4. The van der Waals surface area contributed by atoms with Gasteiger partial charge in [0.25, 0.3) is 11.8 Å². The van der Waals surface area contributed by atoms with E-state index < -0.39 is 5.91 Å². The van der Waals surface area contributed by atoms with Gasteiger partial charge in [0.2, 0.25) is 5.76 Å². The fraction of sp³-hybridized carbons (Fsp3) is 0.238. The number of hydrogen-bond donors (Lipinski definition) is 1. The zero-order valence-corrected chi connectivity index (χ0v) is 15.1. The van der Waals surface area contributed by atoms with Crippen molar-refractivity contribution in [3.05, 3.63) is 60.1 Å². The lowest BCUT2D eigenvalue weighted by Crippen LogP contribution is -2.29. The van der Waals surface area contributed by atoms with Crippen LogP contribution in [0.3, 0.4) is 0 Å². The topological polar surface area (TPSA) is 71.8 Å². The maximum atomic E-state index is 13.0. The maximum Gasteiger partial charge on any atom is 0.291 e. The first kappa shape index (κ1) is 18.0. The van der Waals surface area contributed by atoms with Crippen molar-refractivity contribution in [3.8, 4) is 5.75 Å². The number of carbonyl (C=O) groups excluding carboxylic acids is 2. The fourth-order valence-electron chi connectivity index (χ4n) is 3.24. The summed E-state index contributed by atoms with van der Waals surface area (Å²) < 4.78 is 24.1. The van der Waals surface area contributed by atoms with Gasteiger partial charge in [-0.05, 0) is 49.2 Å². The molecule has 1 aliphatic heterocycles. The van der Waals surface area contributed by atoms with E-state index in [0.29, 0.717) is 35.5 Å².